The summed E-state index contributed by atoms with van der Waals surface area (Å²) < 4.78 is 38.0. The average molecular weight is 383 g/mol. The van der Waals surface area contributed by atoms with Crippen molar-refractivity contribution in [3.8, 4) is 0 Å². The van der Waals surface area contributed by atoms with Crippen molar-refractivity contribution in [2.75, 3.05) is 0 Å². The lowest BCUT2D eigenvalue weighted by atomic mass is 10.1. The van der Waals surface area contributed by atoms with Crippen LogP contribution in [0.4, 0.5) is 13.2 Å². The number of hydrazine groups is 1. The maximum atomic E-state index is 12.7. The standard InChI is InChI=1S/C18H24F3N5O/c1-11-10-15(26-25-11)23-17(22-14-4-2-3-5-14)24-16(27)12-6-8-13(9-7-12)18(19,20)21/h6-9,11,14-15,25-26H,2-5,10H2,1H3,(H2,22,23,24,27). The number of halogens is 3. The number of rotatable bonds is 3. The molecule has 2 unspecified atom stereocenters. The number of benzene rings is 1. The van der Waals surface area contributed by atoms with E-state index >= 15 is 0 Å². The zero-order valence-corrected chi connectivity index (χ0v) is 15.1. The fraction of sp³-hybridized carbons (Fsp3) is 0.556. The number of aliphatic imine (C=N–C) groups is 1. The summed E-state index contributed by atoms with van der Waals surface area (Å²) in [6, 6.07) is 4.61. The number of hydrogen-bond donors (Lipinski definition) is 4. The first-order chi connectivity index (χ1) is 12.8. The molecular formula is C18H24F3N5O. The Labute approximate surface area is 156 Å². The van der Waals surface area contributed by atoms with Gasteiger partial charge in [-0.25, -0.2) is 5.43 Å². The van der Waals surface area contributed by atoms with Crippen molar-refractivity contribution >= 4 is 11.9 Å². The van der Waals surface area contributed by atoms with Crippen molar-refractivity contribution in [2.45, 2.75) is 63.5 Å². The molecule has 27 heavy (non-hydrogen) atoms. The Morgan fingerprint density at radius 3 is 2.33 bits per heavy atom. The van der Waals surface area contributed by atoms with E-state index in [-0.39, 0.29) is 23.8 Å². The second-order valence-corrected chi connectivity index (χ2v) is 7.09. The molecule has 1 aromatic rings. The molecule has 2 atom stereocenters. The summed E-state index contributed by atoms with van der Waals surface area (Å²) in [6.07, 6.45) is 0.534. The molecule has 3 rings (SSSR count). The molecule has 148 valence electrons. The van der Waals surface area contributed by atoms with Gasteiger partial charge in [-0.15, -0.1) is 0 Å². The molecule has 1 saturated heterocycles. The summed E-state index contributed by atoms with van der Waals surface area (Å²) in [7, 11) is 0. The van der Waals surface area contributed by atoms with Crippen LogP contribution in [0.5, 0.6) is 0 Å². The predicted molar refractivity (Wildman–Crippen MR) is 95.9 cm³/mol. The molecule has 1 aromatic carbocycles. The Morgan fingerprint density at radius 1 is 1.11 bits per heavy atom. The topological polar surface area (TPSA) is 77.5 Å². The van der Waals surface area contributed by atoms with E-state index in [1.54, 1.807) is 0 Å². The predicted octanol–water partition coefficient (Wildman–Crippen LogP) is 2.54. The molecule has 1 saturated carbocycles. The summed E-state index contributed by atoms with van der Waals surface area (Å²) in [6.45, 7) is 2.03. The minimum atomic E-state index is -4.43. The van der Waals surface area contributed by atoms with E-state index in [2.05, 4.69) is 26.5 Å². The summed E-state index contributed by atoms with van der Waals surface area (Å²) in [5.74, 6) is -0.240. The van der Waals surface area contributed by atoms with Gasteiger partial charge in [-0.1, -0.05) is 12.8 Å². The molecule has 1 aliphatic carbocycles. The average Bonchev–Trinajstić information content (AvgIpc) is 3.26. The number of amides is 1. The molecule has 2 aliphatic rings. The highest BCUT2D eigenvalue weighted by atomic mass is 19.4. The normalized spacial score (nSPS) is 24.2. The van der Waals surface area contributed by atoms with Crippen LogP contribution in [0, 0.1) is 0 Å². The monoisotopic (exact) mass is 383 g/mol. The summed E-state index contributed by atoms with van der Waals surface area (Å²) in [4.78, 5) is 16.5. The van der Waals surface area contributed by atoms with Crippen LogP contribution in [0.25, 0.3) is 0 Å². The van der Waals surface area contributed by atoms with Crippen LogP contribution in [0.2, 0.25) is 0 Å². The molecular weight excluding hydrogens is 359 g/mol. The highest BCUT2D eigenvalue weighted by molar-refractivity contribution is 6.02. The van der Waals surface area contributed by atoms with E-state index in [9.17, 15) is 18.0 Å². The quantitative estimate of drug-likeness (QED) is 0.477. The number of nitrogens with zero attached hydrogens (tertiary/aromatic N) is 1. The third-order valence-corrected chi connectivity index (χ3v) is 4.77. The van der Waals surface area contributed by atoms with Crippen molar-refractivity contribution < 1.29 is 18.0 Å². The Bertz CT molecular complexity index is 683. The van der Waals surface area contributed by atoms with E-state index in [0.29, 0.717) is 5.96 Å². The zero-order chi connectivity index (χ0) is 19.4. The highest BCUT2D eigenvalue weighted by Crippen LogP contribution is 2.29. The van der Waals surface area contributed by atoms with Gasteiger partial charge in [0, 0.05) is 17.6 Å². The lowest BCUT2D eigenvalue weighted by molar-refractivity contribution is -0.137. The summed E-state index contributed by atoms with van der Waals surface area (Å²) in [5, 5.41) is 6.44. The van der Waals surface area contributed by atoms with Crippen LogP contribution in [0.15, 0.2) is 29.3 Å². The number of hydrogen-bond acceptors (Lipinski definition) is 3. The van der Waals surface area contributed by atoms with Gasteiger partial charge in [0.1, 0.15) is 0 Å². The Morgan fingerprint density at radius 2 is 1.78 bits per heavy atom. The Kier molecular flexibility index (Phi) is 6.01. The molecule has 9 heteroatoms. The molecule has 0 aromatic heterocycles. The van der Waals surface area contributed by atoms with Crippen LogP contribution in [-0.2, 0) is 6.18 Å². The third-order valence-electron chi connectivity index (χ3n) is 4.77. The van der Waals surface area contributed by atoms with Crippen molar-refractivity contribution in [3.63, 3.8) is 0 Å². The van der Waals surface area contributed by atoms with Gasteiger partial charge in [-0.2, -0.15) is 18.2 Å². The van der Waals surface area contributed by atoms with Crippen LogP contribution in [0.3, 0.4) is 0 Å². The van der Waals surface area contributed by atoms with Gasteiger partial charge >= 0.3 is 6.18 Å². The van der Waals surface area contributed by atoms with Gasteiger partial charge in [0.25, 0.3) is 5.91 Å². The van der Waals surface area contributed by atoms with E-state index in [1.165, 1.54) is 0 Å². The number of carbonyl (C=O) groups excluding carboxylic acids is 1. The van der Waals surface area contributed by atoms with Gasteiger partial charge in [0.15, 0.2) is 0 Å². The minimum Gasteiger partial charge on any atom is -0.353 e. The second kappa shape index (κ2) is 8.26. The van der Waals surface area contributed by atoms with Crippen molar-refractivity contribution in [2.24, 2.45) is 4.99 Å². The molecule has 1 heterocycles. The molecule has 0 bridgehead atoms. The lowest BCUT2D eigenvalue weighted by Crippen LogP contribution is -2.51. The smallest absolute Gasteiger partial charge is 0.353 e. The van der Waals surface area contributed by atoms with Crippen LogP contribution >= 0.6 is 0 Å². The molecule has 6 nitrogen and oxygen atoms in total. The van der Waals surface area contributed by atoms with Crippen LogP contribution in [0.1, 0.15) is 54.9 Å². The SMILES string of the molecule is CC1CC(N/C(=N\C(=O)c2ccc(C(F)(F)F)cc2)NC2CCCC2)NN1. The minimum absolute atomic E-state index is 0.0898. The van der Waals surface area contributed by atoms with E-state index in [1.807, 2.05) is 6.92 Å². The lowest BCUT2D eigenvalue weighted by Gasteiger charge is -2.20. The number of carbonyl (C=O) groups is 1. The van der Waals surface area contributed by atoms with Crippen LogP contribution < -0.4 is 21.5 Å². The summed E-state index contributed by atoms with van der Waals surface area (Å²) in [5.41, 5.74) is 5.49. The largest absolute Gasteiger partial charge is 0.416 e. The van der Waals surface area contributed by atoms with Crippen molar-refractivity contribution in [1.29, 1.82) is 0 Å². The molecule has 0 spiro atoms. The van der Waals surface area contributed by atoms with Gasteiger partial charge in [-0.05, 0) is 50.5 Å². The van der Waals surface area contributed by atoms with Gasteiger partial charge in [0.2, 0.25) is 5.96 Å². The molecule has 0 radical (unpaired) electrons. The van der Waals surface area contributed by atoms with E-state index in [4.69, 9.17) is 0 Å². The number of alkyl halides is 3. The zero-order valence-electron chi connectivity index (χ0n) is 15.1. The maximum absolute atomic E-state index is 12.7. The number of guanidine groups is 1. The Balaban J connectivity index is 1.72. The number of nitrogens with one attached hydrogen (secondary N) is 4. The molecule has 1 aliphatic heterocycles. The molecule has 4 N–H and O–H groups in total. The fourth-order valence-electron chi connectivity index (χ4n) is 3.31. The highest BCUT2D eigenvalue weighted by Gasteiger charge is 2.30. The van der Waals surface area contributed by atoms with Crippen molar-refractivity contribution in [1.82, 2.24) is 21.5 Å². The van der Waals surface area contributed by atoms with Gasteiger partial charge < -0.3 is 10.6 Å². The fourth-order valence-corrected chi connectivity index (χ4v) is 3.31. The van der Waals surface area contributed by atoms with E-state index < -0.39 is 17.6 Å². The second-order valence-electron chi connectivity index (χ2n) is 7.09. The van der Waals surface area contributed by atoms with Crippen molar-refractivity contribution in [3.05, 3.63) is 35.4 Å². The van der Waals surface area contributed by atoms with Gasteiger partial charge in [-0.3, -0.25) is 10.2 Å². The molecule has 1 amide bonds. The third kappa shape index (κ3) is 5.43. The van der Waals surface area contributed by atoms with Gasteiger partial charge in [0.05, 0.1) is 11.7 Å². The maximum Gasteiger partial charge on any atom is 0.416 e. The summed E-state index contributed by atoms with van der Waals surface area (Å²) >= 11 is 0. The molecule has 2 fully saturated rings. The Hall–Kier alpha value is -2.13. The van der Waals surface area contributed by atoms with E-state index in [0.717, 1.165) is 56.4 Å². The first-order valence-electron chi connectivity index (χ1n) is 9.15. The first-order valence-corrected chi connectivity index (χ1v) is 9.15. The first kappa shape index (κ1) is 19.6. The van der Waals surface area contributed by atoms with Crippen LogP contribution in [-0.4, -0.2) is 30.1 Å².